The van der Waals surface area contributed by atoms with Crippen molar-refractivity contribution in [3.63, 3.8) is 0 Å². The van der Waals surface area contributed by atoms with Gasteiger partial charge in [0.05, 0.1) is 4.92 Å². The van der Waals surface area contributed by atoms with Crippen molar-refractivity contribution in [2.45, 2.75) is 25.3 Å². The highest BCUT2D eigenvalue weighted by Gasteiger charge is 2.47. The Morgan fingerprint density at radius 3 is 2.59 bits per heavy atom. The molecule has 4 unspecified atom stereocenters. The number of rotatable bonds is 4. The normalized spacial score (nSPS) is 29.3. The zero-order chi connectivity index (χ0) is 15.7. The highest BCUT2D eigenvalue weighted by Crippen LogP contribution is 2.48. The number of aliphatic hydroxyl groups excluding tert-OH is 1. The number of hydrogen-bond donors (Lipinski definition) is 3. The molecule has 7 heteroatoms. The summed E-state index contributed by atoms with van der Waals surface area (Å²) in [6.07, 6.45) is 3.31. The van der Waals surface area contributed by atoms with Crippen molar-refractivity contribution in [1.82, 2.24) is 5.32 Å². The topological polar surface area (TPSA) is 104 Å². The van der Waals surface area contributed by atoms with Crippen LogP contribution < -0.4 is 10.6 Å². The number of amides is 2. The second kappa shape index (κ2) is 5.92. The molecule has 2 saturated carbocycles. The minimum atomic E-state index is -0.481. The predicted molar refractivity (Wildman–Crippen MR) is 80.4 cm³/mol. The lowest BCUT2D eigenvalue weighted by Gasteiger charge is -2.30. The number of anilines is 1. The molecule has 118 valence electrons. The number of benzene rings is 1. The molecule has 7 nitrogen and oxygen atoms in total. The van der Waals surface area contributed by atoms with Gasteiger partial charge in [-0.3, -0.25) is 10.1 Å². The molecule has 2 aliphatic rings. The molecule has 0 saturated heterocycles. The number of nitro groups is 1. The molecule has 0 aromatic heterocycles. The van der Waals surface area contributed by atoms with Crippen LogP contribution in [0.25, 0.3) is 0 Å². The van der Waals surface area contributed by atoms with Crippen LogP contribution in [0.15, 0.2) is 24.3 Å². The first kappa shape index (κ1) is 14.8. The summed E-state index contributed by atoms with van der Waals surface area (Å²) < 4.78 is 0. The number of fused-ring (bicyclic) bond motifs is 2. The number of nitrogens with one attached hydrogen (secondary N) is 2. The van der Waals surface area contributed by atoms with E-state index < -0.39 is 4.92 Å². The van der Waals surface area contributed by atoms with E-state index in [4.69, 9.17) is 0 Å². The summed E-state index contributed by atoms with van der Waals surface area (Å²) in [7, 11) is 0. The SMILES string of the molecule is O=C(Nc1ccc([N+](=O)[O-])cc1)NC1C2CCC(C2)C1CO. The summed E-state index contributed by atoms with van der Waals surface area (Å²) in [5, 5.41) is 25.7. The van der Waals surface area contributed by atoms with E-state index in [0.29, 0.717) is 17.5 Å². The monoisotopic (exact) mass is 305 g/mol. The van der Waals surface area contributed by atoms with Crippen LogP contribution in [-0.2, 0) is 0 Å². The molecule has 1 aromatic rings. The number of non-ortho nitro benzene ring substituents is 1. The fourth-order valence-electron chi connectivity index (χ4n) is 3.88. The Labute approximate surface area is 127 Å². The van der Waals surface area contributed by atoms with Crippen molar-refractivity contribution in [2.24, 2.45) is 17.8 Å². The van der Waals surface area contributed by atoms with Gasteiger partial charge in [0.25, 0.3) is 5.69 Å². The Bertz CT molecular complexity index is 575. The molecule has 3 rings (SSSR count). The molecule has 0 heterocycles. The van der Waals surface area contributed by atoms with E-state index in [1.165, 1.54) is 24.3 Å². The van der Waals surface area contributed by atoms with E-state index in [2.05, 4.69) is 10.6 Å². The molecule has 1 aromatic carbocycles. The number of carbonyl (C=O) groups is 1. The van der Waals surface area contributed by atoms with Gasteiger partial charge in [-0.15, -0.1) is 0 Å². The molecule has 0 radical (unpaired) electrons. The number of carbonyl (C=O) groups excluding carboxylic acids is 1. The summed E-state index contributed by atoms with van der Waals surface area (Å²) in [4.78, 5) is 22.2. The zero-order valence-electron chi connectivity index (χ0n) is 12.1. The van der Waals surface area contributed by atoms with Crippen LogP contribution in [0.4, 0.5) is 16.2 Å². The van der Waals surface area contributed by atoms with Crippen LogP contribution in [0, 0.1) is 27.9 Å². The van der Waals surface area contributed by atoms with Gasteiger partial charge in [0.15, 0.2) is 0 Å². The van der Waals surface area contributed by atoms with Gasteiger partial charge in [0.2, 0.25) is 0 Å². The molecular weight excluding hydrogens is 286 g/mol. The van der Waals surface area contributed by atoms with Gasteiger partial charge >= 0.3 is 6.03 Å². The van der Waals surface area contributed by atoms with Gasteiger partial charge in [0, 0.05) is 36.4 Å². The standard InChI is InChI=1S/C15H19N3O4/c19-8-13-9-1-2-10(7-9)14(13)17-15(20)16-11-3-5-12(6-4-11)18(21)22/h3-6,9-10,13-14,19H,1-2,7-8H2,(H2,16,17,20). The van der Waals surface area contributed by atoms with E-state index in [9.17, 15) is 20.0 Å². The van der Waals surface area contributed by atoms with Gasteiger partial charge in [-0.1, -0.05) is 0 Å². The summed E-state index contributed by atoms with van der Waals surface area (Å²) in [5.74, 6) is 1.10. The first-order chi connectivity index (χ1) is 10.6. The van der Waals surface area contributed by atoms with E-state index >= 15 is 0 Å². The second-order valence-corrected chi connectivity index (χ2v) is 6.11. The number of urea groups is 1. The molecule has 22 heavy (non-hydrogen) atoms. The highest BCUT2D eigenvalue weighted by molar-refractivity contribution is 5.89. The largest absolute Gasteiger partial charge is 0.396 e. The van der Waals surface area contributed by atoms with Gasteiger partial charge in [0.1, 0.15) is 0 Å². The lowest BCUT2D eigenvalue weighted by Crippen LogP contribution is -2.46. The van der Waals surface area contributed by atoms with Gasteiger partial charge in [-0.25, -0.2) is 4.79 Å². The van der Waals surface area contributed by atoms with Gasteiger partial charge in [-0.2, -0.15) is 0 Å². The maximum absolute atomic E-state index is 12.1. The molecule has 2 amide bonds. The molecular formula is C15H19N3O4. The van der Waals surface area contributed by atoms with Crippen LogP contribution in [0.1, 0.15) is 19.3 Å². The summed E-state index contributed by atoms with van der Waals surface area (Å²) in [6.45, 7) is 0.101. The Morgan fingerprint density at radius 1 is 1.27 bits per heavy atom. The molecule has 0 spiro atoms. The predicted octanol–water partition coefficient (Wildman–Crippen LogP) is 2.12. The summed E-state index contributed by atoms with van der Waals surface area (Å²) in [6, 6.07) is 5.39. The first-order valence-electron chi connectivity index (χ1n) is 7.51. The molecule has 2 aliphatic carbocycles. The smallest absolute Gasteiger partial charge is 0.319 e. The minimum absolute atomic E-state index is 0.0144. The number of aliphatic hydroxyl groups is 1. The quantitative estimate of drug-likeness (QED) is 0.585. The van der Waals surface area contributed by atoms with Crippen LogP contribution in [0.3, 0.4) is 0 Å². The third-order valence-corrected chi connectivity index (χ3v) is 4.93. The molecule has 0 aliphatic heterocycles. The third-order valence-electron chi connectivity index (χ3n) is 4.93. The van der Waals surface area contributed by atoms with Crippen LogP contribution in [-0.4, -0.2) is 28.7 Å². The third kappa shape index (κ3) is 2.76. The fourth-order valence-corrected chi connectivity index (χ4v) is 3.88. The van der Waals surface area contributed by atoms with Crippen LogP contribution in [0.5, 0.6) is 0 Å². The van der Waals surface area contributed by atoms with Crippen molar-refractivity contribution in [3.8, 4) is 0 Å². The number of nitrogens with zero attached hydrogens (tertiary/aromatic N) is 1. The van der Waals surface area contributed by atoms with Crippen LogP contribution >= 0.6 is 0 Å². The summed E-state index contributed by atoms with van der Waals surface area (Å²) >= 11 is 0. The van der Waals surface area contributed by atoms with E-state index in [1.54, 1.807) is 0 Å². The minimum Gasteiger partial charge on any atom is -0.396 e. The highest BCUT2D eigenvalue weighted by atomic mass is 16.6. The zero-order valence-corrected chi connectivity index (χ0v) is 12.1. The summed E-state index contributed by atoms with van der Waals surface area (Å²) in [5.41, 5.74) is 0.492. The van der Waals surface area contributed by atoms with Crippen molar-refractivity contribution in [2.75, 3.05) is 11.9 Å². The van der Waals surface area contributed by atoms with Crippen molar-refractivity contribution < 1.29 is 14.8 Å². The molecule has 3 N–H and O–H groups in total. The average Bonchev–Trinajstić information content (AvgIpc) is 3.08. The van der Waals surface area contributed by atoms with Gasteiger partial charge in [-0.05, 0) is 43.2 Å². The molecule has 2 fully saturated rings. The lowest BCUT2D eigenvalue weighted by atomic mass is 9.85. The second-order valence-electron chi connectivity index (χ2n) is 6.11. The van der Waals surface area contributed by atoms with Crippen molar-refractivity contribution in [1.29, 1.82) is 0 Å². The van der Waals surface area contributed by atoms with Crippen LogP contribution in [0.2, 0.25) is 0 Å². The van der Waals surface area contributed by atoms with Gasteiger partial charge < -0.3 is 15.7 Å². The van der Waals surface area contributed by atoms with E-state index in [1.807, 2.05) is 0 Å². The fraction of sp³-hybridized carbons (Fsp3) is 0.533. The maximum atomic E-state index is 12.1. The van der Waals surface area contributed by atoms with E-state index in [0.717, 1.165) is 19.3 Å². The first-order valence-corrected chi connectivity index (χ1v) is 7.51. The van der Waals surface area contributed by atoms with Crippen molar-refractivity contribution in [3.05, 3.63) is 34.4 Å². The average molecular weight is 305 g/mol. The van der Waals surface area contributed by atoms with E-state index in [-0.39, 0.29) is 30.3 Å². The lowest BCUT2D eigenvalue weighted by molar-refractivity contribution is -0.384. The Morgan fingerprint density at radius 2 is 1.95 bits per heavy atom. The number of nitro benzene ring substituents is 1. The Hall–Kier alpha value is -2.15. The molecule has 2 bridgehead atoms. The molecule has 4 atom stereocenters. The maximum Gasteiger partial charge on any atom is 0.319 e. The Kier molecular flexibility index (Phi) is 3.98. The number of hydrogen-bond acceptors (Lipinski definition) is 4. The van der Waals surface area contributed by atoms with Crippen molar-refractivity contribution >= 4 is 17.4 Å². The Balaban J connectivity index is 1.59.